The minimum atomic E-state index is -0.531. The number of hydrogen-bond acceptors (Lipinski definition) is 3. The molecule has 0 spiro atoms. The van der Waals surface area contributed by atoms with Crippen molar-refractivity contribution in [2.45, 2.75) is 32.3 Å². The van der Waals surface area contributed by atoms with Crippen LogP contribution in [0, 0.1) is 0 Å². The van der Waals surface area contributed by atoms with Crippen molar-refractivity contribution in [3.63, 3.8) is 0 Å². The smallest absolute Gasteiger partial charge is 0.339 e. The van der Waals surface area contributed by atoms with Crippen molar-refractivity contribution in [3.8, 4) is 0 Å². The van der Waals surface area contributed by atoms with E-state index in [1.807, 2.05) is 24.3 Å². The highest BCUT2D eigenvalue weighted by atomic mass is 16.6. The van der Waals surface area contributed by atoms with Gasteiger partial charge in [0.15, 0.2) is 6.10 Å². The number of rotatable bonds is 4. The van der Waals surface area contributed by atoms with Crippen molar-refractivity contribution in [2.75, 3.05) is 13.2 Å². The van der Waals surface area contributed by atoms with E-state index >= 15 is 0 Å². The molecule has 1 aromatic rings. The summed E-state index contributed by atoms with van der Waals surface area (Å²) in [6, 6.07) is 7.91. The standard InChI is InChI=1S/C14H18O3/c1-2-3-9-17-14(15)13-12-7-5-4-6-11(12)8-10-16-13/h4-7,13H,2-3,8-10H2,1H3. The summed E-state index contributed by atoms with van der Waals surface area (Å²) >= 11 is 0. The number of carbonyl (C=O) groups is 1. The Morgan fingerprint density at radius 2 is 2.29 bits per heavy atom. The third-order valence-corrected chi connectivity index (χ3v) is 2.95. The van der Waals surface area contributed by atoms with Crippen LogP contribution in [-0.2, 0) is 20.7 Å². The lowest BCUT2D eigenvalue weighted by Crippen LogP contribution is -2.25. The summed E-state index contributed by atoms with van der Waals surface area (Å²) in [4.78, 5) is 11.9. The molecule has 1 aliphatic heterocycles. The van der Waals surface area contributed by atoms with Crippen LogP contribution < -0.4 is 0 Å². The lowest BCUT2D eigenvalue weighted by Gasteiger charge is -2.24. The molecule has 0 saturated carbocycles. The highest BCUT2D eigenvalue weighted by Crippen LogP contribution is 2.27. The molecule has 17 heavy (non-hydrogen) atoms. The minimum Gasteiger partial charge on any atom is -0.464 e. The quantitative estimate of drug-likeness (QED) is 0.593. The van der Waals surface area contributed by atoms with Crippen LogP contribution in [0.1, 0.15) is 37.0 Å². The SMILES string of the molecule is CCCCOC(=O)C1OCCc2ccccc21. The van der Waals surface area contributed by atoms with Gasteiger partial charge in [-0.15, -0.1) is 0 Å². The molecule has 1 heterocycles. The first-order chi connectivity index (χ1) is 8.33. The Balaban J connectivity index is 2.05. The first-order valence-corrected chi connectivity index (χ1v) is 6.19. The van der Waals surface area contributed by atoms with Crippen molar-refractivity contribution in [1.29, 1.82) is 0 Å². The van der Waals surface area contributed by atoms with E-state index in [4.69, 9.17) is 9.47 Å². The fourth-order valence-electron chi connectivity index (χ4n) is 1.98. The topological polar surface area (TPSA) is 35.5 Å². The summed E-state index contributed by atoms with van der Waals surface area (Å²) in [5.74, 6) is -0.259. The van der Waals surface area contributed by atoms with Gasteiger partial charge in [0.2, 0.25) is 0 Å². The van der Waals surface area contributed by atoms with Crippen molar-refractivity contribution < 1.29 is 14.3 Å². The molecule has 92 valence electrons. The van der Waals surface area contributed by atoms with Crippen LogP contribution in [0.3, 0.4) is 0 Å². The van der Waals surface area contributed by atoms with E-state index in [1.54, 1.807) is 0 Å². The Kier molecular flexibility index (Phi) is 4.15. The number of esters is 1. The second-order valence-electron chi connectivity index (χ2n) is 4.22. The molecular weight excluding hydrogens is 216 g/mol. The molecule has 3 nitrogen and oxygen atoms in total. The van der Waals surface area contributed by atoms with Gasteiger partial charge >= 0.3 is 5.97 Å². The van der Waals surface area contributed by atoms with Crippen molar-refractivity contribution in [3.05, 3.63) is 35.4 Å². The highest BCUT2D eigenvalue weighted by molar-refractivity contribution is 5.77. The lowest BCUT2D eigenvalue weighted by molar-refractivity contribution is -0.158. The zero-order valence-electron chi connectivity index (χ0n) is 10.1. The van der Waals surface area contributed by atoms with Crippen LogP contribution in [0.15, 0.2) is 24.3 Å². The van der Waals surface area contributed by atoms with E-state index < -0.39 is 6.10 Å². The first kappa shape index (κ1) is 12.1. The second kappa shape index (κ2) is 5.82. The third kappa shape index (κ3) is 2.86. The van der Waals surface area contributed by atoms with E-state index in [9.17, 15) is 4.79 Å². The van der Waals surface area contributed by atoms with Crippen LogP contribution in [0.2, 0.25) is 0 Å². The van der Waals surface area contributed by atoms with Gasteiger partial charge in [-0.05, 0) is 24.0 Å². The zero-order chi connectivity index (χ0) is 12.1. The molecule has 1 aliphatic rings. The van der Waals surface area contributed by atoms with E-state index in [-0.39, 0.29) is 5.97 Å². The molecule has 1 aromatic carbocycles. The van der Waals surface area contributed by atoms with E-state index in [0.717, 1.165) is 24.8 Å². The van der Waals surface area contributed by atoms with E-state index in [2.05, 4.69) is 6.92 Å². The van der Waals surface area contributed by atoms with Crippen LogP contribution in [0.25, 0.3) is 0 Å². The van der Waals surface area contributed by atoms with Gasteiger partial charge in [-0.25, -0.2) is 4.79 Å². The molecule has 0 fully saturated rings. The maximum absolute atomic E-state index is 11.9. The molecule has 2 rings (SSSR count). The third-order valence-electron chi connectivity index (χ3n) is 2.95. The van der Waals surface area contributed by atoms with Gasteiger partial charge in [0.05, 0.1) is 13.2 Å². The number of benzene rings is 1. The summed E-state index contributed by atoms with van der Waals surface area (Å²) in [6.07, 6.45) is 2.27. The molecule has 0 amide bonds. The van der Waals surface area contributed by atoms with Crippen molar-refractivity contribution >= 4 is 5.97 Å². The normalized spacial score (nSPS) is 18.5. The van der Waals surface area contributed by atoms with Gasteiger partial charge in [0.1, 0.15) is 0 Å². The maximum atomic E-state index is 11.9. The summed E-state index contributed by atoms with van der Waals surface area (Å²) in [7, 11) is 0. The van der Waals surface area contributed by atoms with Crippen LogP contribution in [0.4, 0.5) is 0 Å². The van der Waals surface area contributed by atoms with Gasteiger partial charge in [0, 0.05) is 0 Å². The monoisotopic (exact) mass is 234 g/mol. The summed E-state index contributed by atoms with van der Waals surface area (Å²) < 4.78 is 10.7. The summed E-state index contributed by atoms with van der Waals surface area (Å²) in [5.41, 5.74) is 2.15. The molecule has 0 radical (unpaired) electrons. The van der Waals surface area contributed by atoms with Gasteiger partial charge in [0.25, 0.3) is 0 Å². The molecule has 0 N–H and O–H groups in total. The Bertz CT molecular complexity index is 387. The zero-order valence-corrected chi connectivity index (χ0v) is 10.1. The molecule has 0 aliphatic carbocycles. The predicted molar refractivity (Wildman–Crippen MR) is 64.7 cm³/mol. The largest absolute Gasteiger partial charge is 0.464 e. The lowest BCUT2D eigenvalue weighted by atomic mass is 9.98. The minimum absolute atomic E-state index is 0.259. The van der Waals surface area contributed by atoms with Gasteiger partial charge in [-0.2, -0.15) is 0 Å². The van der Waals surface area contributed by atoms with Crippen LogP contribution >= 0.6 is 0 Å². The second-order valence-corrected chi connectivity index (χ2v) is 4.22. The van der Waals surface area contributed by atoms with Crippen molar-refractivity contribution in [2.24, 2.45) is 0 Å². The van der Waals surface area contributed by atoms with E-state index in [1.165, 1.54) is 5.56 Å². The highest BCUT2D eigenvalue weighted by Gasteiger charge is 2.28. The number of hydrogen-bond donors (Lipinski definition) is 0. The number of fused-ring (bicyclic) bond motifs is 1. The molecule has 0 saturated heterocycles. The summed E-state index contributed by atoms with van der Waals surface area (Å²) in [5, 5.41) is 0. The van der Waals surface area contributed by atoms with Gasteiger partial charge in [-0.1, -0.05) is 37.6 Å². The maximum Gasteiger partial charge on any atom is 0.339 e. The molecule has 0 bridgehead atoms. The molecule has 1 atom stereocenters. The average Bonchev–Trinajstić information content (AvgIpc) is 2.38. The molecular formula is C14H18O3. The fraction of sp³-hybridized carbons (Fsp3) is 0.500. The van der Waals surface area contributed by atoms with E-state index in [0.29, 0.717) is 13.2 Å². The average molecular weight is 234 g/mol. The molecule has 1 unspecified atom stereocenters. The molecule has 0 aromatic heterocycles. The summed E-state index contributed by atoms with van der Waals surface area (Å²) in [6.45, 7) is 3.14. The number of unbranched alkanes of at least 4 members (excludes halogenated alkanes) is 1. The van der Waals surface area contributed by atoms with Gasteiger partial charge in [-0.3, -0.25) is 0 Å². The molecule has 3 heteroatoms. The Labute approximate surface area is 102 Å². The Hall–Kier alpha value is -1.35. The predicted octanol–water partition coefficient (Wildman–Crippen LogP) is 2.64. The number of ether oxygens (including phenoxy) is 2. The Morgan fingerprint density at radius 1 is 1.47 bits per heavy atom. The van der Waals surface area contributed by atoms with Crippen LogP contribution in [-0.4, -0.2) is 19.2 Å². The Morgan fingerprint density at radius 3 is 3.12 bits per heavy atom. The van der Waals surface area contributed by atoms with Crippen molar-refractivity contribution in [1.82, 2.24) is 0 Å². The first-order valence-electron chi connectivity index (χ1n) is 6.19. The van der Waals surface area contributed by atoms with Gasteiger partial charge < -0.3 is 9.47 Å². The fourth-order valence-corrected chi connectivity index (χ4v) is 1.98. The number of carbonyl (C=O) groups excluding carboxylic acids is 1. The van der Waals surface area contributed by atoms with Crippen LogP contribution in [0.5, 0.6) is 0 Å².